The number of aliphatic carboxylic acids is 1. The number of phenols is 4. The van der Waals surface area contributed by atoms with Crippen molar-refractivity contribution in [1.82, 2.24) is 9.80 Å². The number of likely N-dealkylation sites (N-methyl/N-ethyl adjacent to an activating group) is 2. The van der Waals surface area contributed by atoms with Gasteiger partial charge in [0.05, 0.1) is 16.1 Å². The molecule has 4 atom stereocenters. The number of esters is 1. The second-order valence-corrected chi connectivity index (χ2v) is 18.3. The minimum Gasteiger partial charge on any atom is -0.507 e. The summed E-state index contributed by atoms with van der Waals surface area (Å²) in [6.45, 7) is 6.30. The van der Waals surface area contributed by atoms with E-state index in [1.807, 2.05) is 32.8 Å². The number of aliphatic hydroxyl groups is 1. The van der Waals surface area contributed by atoms with Crippen molar-refractivity contribution in [3.8, 4) is 45.6 Å². The first-order valence-electron chi connectivity index (χ1n) is 22.9. The highest BCUT2D eigenvalue weighted by molar-refractivity contribution is 6.33. The molecule has 6 N–H and O–H groups in total. The van der Waals surface area contributed by atoms with Crippen LogP contribution in [0.3, 0.4) is 0 Å². The van der Waals surface area contributed by atoms with E-state index >= 15 is 0 Å². The molecule has 6 aromatic rings. The molecule has 0 spiro atoms. The average Bonchev–Trinajstić information content (AvgIpc) is 3.29. The molecule has 8 rings (SSSR count). The normalized spacial score (nSPS) is 18.5. The predicted molar refractivity (Wildman–Crippen MR) is 265 cm³/mol. The van der Waals surface area contributed by atoms with Crippen LogP contribution in [0.25, 0.3) is 44.6 Å². The van der Waals surface area contributed by atoms with Gasteiger partial charge in [0.2, 0.25) is 0 Å². The van der Waals surface area contributed by atoms with Crippen LogP contribution in [0, 0.1) is 0 Å². The molecule has 17 heteroatoms. The Bertz CT molecular complexity index is 2920. The van der Waals surface area contributed by atoms with E-state index < -0.39 is 40.9 Å². The number of likely N-dealkylation sites (tertiary alicyclic amines) is 2. The topological polar surface area (TPSA) is 232 Å². The molecule has 0 unspecified atom stereocenters. The number of β-amino-alcohol motifs (C(OH)–C–C–N with tert-alkyl or cyclic N) is 1. The first kappa shape index (κ1) is 52.3. The van der Waals surface area contributed by atoms with Crippen molar-refractivity contribution in [2.24, 2.45) is 0 Å². The number of phenolic OH excluding ortho intramolecular Hbond substituents is 4. The number of carboxylic acid groups (broad SMARTS) is 1. The Kier molecular flexibility index (Phi) is 17.8. The van der Waals surface area contributed by atoms with Gasteiger partial charge in [-0.05, 0) is 77.1 Å². The van der Waals surface area contributed by atoms with Gasteiger partial charge < -0.3 is 54.0 Å². The quantitative estimate of drug-likeness (QED) is 0.0664. The van der Waals surface area contributed by atoms with Gasteiger partial charge in [-0.2, -0.15) is 0 Å². The van der Waals surface area contributed by atoms with E-state index in [2.05, 4.69) is 4.90 Å². The lowest BCUT2D eigenvalue weighted by Gasteiger charge is -2.36. The fraction of sp³-hybridized carbons (Fsp3) is 0.385. The van der Waals surface area contributed by atoms with Gasteiger partial charge in [0.15, 0.2) is 10.9 Å². The zero-order valence-corrected chi connectivity index (χ0v) is 40.4. The largest absolute Gasteiger partial charge is 0.507 e. The molecule has 69 heavy (non-hydrogen) atoms. The van der Waals surface area contributed by atoms with Gasteiger partial charge in [-0.25, -0.2) is 0 Å². The third-order valence-electron chi connectivity index (χ3n) is 12.3. The van der Waals surface area contributed by atoms with E-state index in [4.69, 9.17) is 41.9 Å². The third kappa shape index (κ3) is 12.4. The number of hydrogen-bond donors (Lipinski definition) is 6. The minimum atomic E-state index is -0.744. The van der Waals surface area contributed by atoms with Crippen molar-refractivity contribution in [1.29, 1.82) is 0 Å². The monoisotopic (exact) mass is 988 g/mol. The minimum absolute atomic E-state index is 0.0188. The second-order valence-electron chi connectivity index (χ2n) is 17.5. The summed E-state index contributed by atoms with van der Waals surface area (Å²) in [6, 6.07) is 18.7. The number of halogens is 2. The molecule has 368 valence electrons. The average molecular weight is 990 g/mol. The van der Waals surface area contributed by atoms with Gasteiger partial charge >= 0.3 is 11.9 Å². The summed E-state index contributed by atoms with van der Waals surface area (Å²) < 4.78 is 18.0. The number of carbonyl (C=O) groups is 2. The summed E-state index contributed by atoms with van der Waals surface area (Å²) in [7, 11) is 3.84. The molecule has 0 amide bonds. The number of unbranched alkanes of at least 4 members (excludes halogenated alkanes) is 2. The fourth-order valence-corrected chi connectivity index (χ4v) is 9.23. The summed E-state index contributed by atoms with van der Waals surface area (Å²) in [5, 5.41) is 61.6. The van der Waals surface area contributed by atoms with Crippen molar-refractivity contribution < 1.29 is 53.8 Å². The number of fused-ring (bicyclic) bond motifs is 2. The van der Waals surface area contributed by atoms with Crippen LogP contribution in [-0.4, -0.2) is 105 Å². The van der Waals surface area contributed by atoms with E-state index in [0.29, 0.717) is 77.6 Å². The Morgan fingerprint density at radius 1 is 0.667 bits per heavy atom. The van der Waals surface area contributed by atoms with E-state index in [-0.39, 0.29) is 62.4 Å². The first-order valence-corrected chi connectivity index (χ1v) is 23.7. The van der Waals surface area contributed by atoms with E-state index in [0.717, 1.165) is 44.4 Å². The third-order valence-corrected chi connectivity index (χ3v) is 13.0. The zero-order valence-electron chi connectivity index (χ0n) is 38.9. The van der Waals surface area contributed by atoms with Crippen molar-refractivity contribution in [3.05, 3.63) is 114 Å². The Hall–Kier alpha value is -6.10. The fourth-order valence-electron chi connectivity index (χ4n) is 8.77. The van der Waals surface area contributed by atoms with Crippen molar-refractivity contribution >= 4 is 57.1 Å². The van der Waals surface area contributed by atoms with E-state index in [1.165, 1.54) is 12.1 Å². The van der Waals surface area contributed by atoms with Crippen molar-refractivity contribution in [2.75, 3.05) is 40.3 Å². The number of hydrogen-bond acceptors (Lipinski definition) is 14. The molecular weight excluding hydrogens is 931 g/mol. The molecule has 2 aliphatic heterocycles. The van der Waals surface area contributed by atoms with Crippen LogP contribution in [0.5, 0.6) is 23.0 Å². The maximum absolute atomic E-state index is 13.0. The zero-order chi connectivity index (χ0) is 50.1. The second kappa shape index (κ2) is 23.5. The summed E-state index contributed by atoms with van der Waals surface area (Å²) >= 11 is 12.6. The molecule has 4 heterocycles. The van der Waals surface area contributed by atoms with Crippen LogP contribution in [0.1, 0.15) is 88.2 Å². The number of ether oxygens (including phenoxy) is 1. The molecule has 0 saturated carbocycles. The highest BCUT2D eigenvalue weighted by atomic mass is 35.5. The van der Waals surface area contributed by atoms with Gasteiger partial charge in [-0.15, -0.1) is 0 Å². The Morgan fingerprint density at radius 3 is 1.57 bits per heavy atom. The molecule has 0 bridgehead atoms. The van der Waals surface area contributed by atoms with Crippen LogP contribution in [0.2, 0.25) is 10.0 Å². The number of benzene rings is 4. The maximum atomic E-state index is 13.0. The lowest BCUT2D eigenvalue weighted by atomic mass is 9.85. The lowest BCUT2D eigenvalue weighted by Crippen LogP contribution is -2.43. The summed E-state index contributed by atoms with van der Waals surface area (Å²) in [6.07, 6.45) is 3.86. The van der Waals surface area contributed by atoms with Crippen molar-refractivity contribution in [2.45, 2.75) is 89.3 Å². The number of carbonyl (C=O) groups excluding carboxylic acids is 1. The van der Waals surface area contributed by atoms with Gasteiger partial charge in [-0.1, -0.05) is 74.2 Å². The molecular formula is C52H58Cl2N2O13. The van der Waals surface area contributed by atoms with Crippen molar-refractivity contribution in [3.63, 3.8) is 0 Å². The number of piperidine rings is 2. The summed E-state index contributed by atoms with van der Waals surface area (Å²) in [5.74, 6) is -2.55. The van der Waals surface area contributed by atoms with Crippen LogP contribution in [-0.2, 0) is 14.3 Å². The molecule has 2 fully saturated rings. The van der Waals surface area contributed by atoms with Crippen LogP contribution in [0.4, 0.5) is 0 Å². The SMILES string of the molecule is CCCCC(=O)O.CCCCC(=O)O[C@@H]1CN(C)CC[C@@H]1c1c(O)cc(O)c2c(=O)cc(-c3ccccc3Cl)oc12.CN1CC[C@H](c2c(O)cc(O)c3c(=O)cc(-c4ccccc4Cl)oc23)[C@H](O)C1. The van der Waals surface area contributed by atoms with E-state index in [1.54, 1.807) is 48.5 Å². The first-order chi connectivity index (χ1) is 32.9. The predicted octanol–water partition coefficient (Wildman–Crippen LogP) is 9.61. The molecule has 2 saturated heterocycles. The number of carboxylic acids is 1. The van der Waals surface area contributed by atoms with Crippen LogP contribution < -0.4 is 10.9 Å². The van der Waals surface area contributed by atoms with Gasteiger partial charge in [0.25, 0.3) is 0 Å². The lowest BCUT2D eigenvalue weighted by molar-refractivity contribution is -0.152. The number of aromatic hydroxyl groups is 4. The van der Waals surface area contributed by atoms with Gasteiger partial charge in [-0.3, -0.25) is 19.2 Å². The van der Waals surface area contributed by atoms with Crippen LogP contribution in [0.15, 0.2) is 91.2 Å². The maximum Gasteiger partial charge on any atom is 0.306 e. The smallest absolute Gasteiger partial charge is 0.306 e. The van der Waals surface area contributed by atoms with Gasteiger partial charge in [0, 0.05) is 84.3 Å². The number of nitrogens with zero attached hydrogens (tertiary/aromatic N) is 2. The Morgan fingerprint density at radius 2 is 1.12 bits per heavy atom. The summed E-state index contributed by atoms with van der Waals surface area (Å²) in [4.78, 5) is 52.1. The Labute approximate surface area is 408 Å². The summed E-state index contributed by atoms with van der Waals surface area (Å²) in [5.41, 5.74) is 0.970. The number of rotatable bonds is 11. The molecule has 2 aromatic heterocycles. The van der Waals surface area contributed by atoms with E-state index in [9.17, 15) is 44.7 Å². The molecule has 0 radical (unpaired) electrons. The van der Waals surface area contributed by atoms with Gasteiger partial charge in [0.1, 0.15) is 62.6 Å². The van der Waals surface area contributed by atoms with Crippen LogP contribution >= 0.6 is 23.2 Å². The molecule has 15 nitrogen and oxygen atoms in total. The number of aliphatic hydroxyl groups excluding tert-OH is 1. The highest BCUT2D eigenvalue weighted by Crippen LogP contribution is 2.45. The Balaban J connectivity index is 0.000000202. The highest BCUT2D eigenvalue weighted by Gasteiger charge is 2.37. The standard InChI is InChI=1S/C26H28ClNO6.C21H20ClNO5.C5H10O2/c1-3-4-9-23(32)33-22-14-28(2)11-10-16(22)24-18(29)12-19(30)25-20(31)13-21(34-26(24)25)15-7-5-6-8-17(15)27;1-23-7-6-12(17(27)10-23)19-14(24)8-15(25)20-16(26)9-18(28-21(19)20)11-4-2-3-5-13(11)22;1-2-3-4-5(6)7/h5-8,12-13,16,22,29-30H,3-4,9-11,14H2,1-2H3;2-5,8-9,12,17,24-25,27H,6-7,10H2,1H3;2-4H2,1H3,(H,6,7)/t16-,22+;12-,17+;/m00./s1. The molecule has 2 aliphatic rings. The molecule has 4 aromatic carbocycles. The molecule has 0 aliphatic carbocycles.